The SMILES string of the molecule is Cn1ccc(CNC(=O)C2CSCN2)c1. The molecule has 5 heteroatoms. The monoisotopic (exact) mass is 225 g/mol. The van der Waals surface area contributed by atoms with Gasteiger partial charge in [0.15, 0.2) is 0 Å². The van der Waals surface area contributed by atoms with E-state index in [0.717, 1.165) is 17.2 Å². The number of aromatic nitrogens is 1. The van der Waals surface area contributed by atoms with E-state index in [0.29, 0.717) is 6.54 Å². The number of carbonyl (C=O) groups excluding carboxylic acids is 1. The van der Waals surface area contributed by atoms with Gasteiger partial charge >= 0.3 is 0 Å². The van der Waals surface area contributed by atoms with Gasteiger partial charge in [-0.3, -0.25) is 10.1 Å². The first-order valence-electron chi connectivity index (χ1n) is 4.95. The molecule has 0 saturated carbocycles. The molecule has 2 rings (SSSR count). The average molecular weight is 225 g/mol. The fraction of sp³-hybridized carbons (Fsp3) is 0.500. The standard InChI is InChI=1S/C10H15N3OS/c1-13-3-2-8(5-13)4-11-10(14)9-6-15-7-12-9/h2-3,5,9,12H,4,6-7H2,1H3,(H,11,14). The van der Waals surface area contributed by atoms with Crippen molar-refractivity contribution in [3.63, 3.8) is 0 Å². The lowest BCUT2D eigenvalue weighted by Gasteiger charge is -2.09. The molecule has 1 fully saturated rings. The number of nitrogens with one attached hydrogen (secondary N) is 2. The molecule has 0 aromatic carbocycles. The first kappa shape index (κ1) is 10.6. The summed E-state index contributed by atoms with van der Waals surface area (Å²) in [7, 11) is 1.97. The Morgan fingerprint density at radius 1 is 1.80 bits per heavy atom. The van der Waals surface area contributed by atoms with Gasteiger partial charge in [0, 0.05) is 37.6 Å². The van der Waals surface area contributed by atoms with Crippen LogP contribution in [-0.4, -0.2) is 28.1 Å². The molecule has 2 heterocycles. The predicted molar refractivity (Wildman–Crippen MR) is 61.5 cm³/mol. The van der Waals surface area contributed by atoms with Gasteiger partial charge < -0.3 is 9.88 Å². The van der Waals surface area contributed by atoms with Gasteiger partial charge in [-0.1, -0.05) is 0 Å². The summed E-state index contributed by atoms with van der Waals surface area (Å²) < 4.78 is 1.98. The van der Waals surface area contributed by atoms with Crippen LogP contribution in [0.3, 0.4) is 0 Å². The summed E-state index contributed by atoms with van der Waals surface area (Å²) in [6.07, 6.45) is 3.99. The predicted octanol–water partition coefficient (Wildman–Crippen LogP) is 0.304. The number of aryl methyl sites for hydroxylation is 1. The van der Waals surface area contributed by atoms with Crippen molar-refractivity contribution < 1.29 is 4.79 Å². The summed E-state index contributed by atoms with van der Waals surface area (Å²) >= 11 is 1.76. The van der Waals surface area contributed by atoms with Crippen molar-refractivity contribution in [2.24, 2.45) is 7.05 Å². The molecule has 1 aromatic rings. The first-order valence-corrected chi connectivity index (χ1v) is 6.11. The van der Waals surface area contributed by atoms with E-state index in [9.17, 15) is 4.79 Å². The van der Waals surface area contributed by atoms with Crippen LogP contribution in [0.4, 0.5) is 0 Å². The molecular weight excluding hydrogens is 210 g/mol. The lowest BCUT2D eigenvalue weighted by molar-refractivity contribution is -0.122. The van der Waals surface area contributed by atoms with Crippen LogP contribution >= 0.6 is 11.8 Å². The molecule has 15 heavy (non-hydrogen) atoms. The van der Waals surface area contributed by atoms with E-state index < -0.39 is 0 Å². The molecular formula is C10H15N3OS. The zero-order chi connectivity index (χ0) is 10.7. The van der Waals surface area contributed by atoms with E-state index in [1.165, 1.54) is 0 Å². The molecule has 1 saturated heterocycles. The zero-order valence-electron chi connectivity index (χ0n) is 8.69. The van der Waals surface area contributed by atoms with E-state index in [1.807, 2.05) is 30.1 Å². The van der Waals surface area contributed by atoms with Crippen LogP contribution in [0.25, 0.3) is 0 Å². The molecule has 4 nitrogen and oxygen atoms in total. The Bertz CT molecular complexity index is 344. The number of nitrogens with zero attached hydrogens (tertiary/aromatic N) is 1. The van der Waals surface area contributed by atoms with E-state index in [2.05, 4.69) is 10.6 Å². The quantitative estimate of drug-likeness (QED) is 0.778. The highest BCUT2D eigenvalue weighted by molar-refractivity contribution is 7.99. The van der Waals surface area contributed by atoms with Gasteiger partial charge in [-0.25, -0.2) is 0 Å². The molecule has 0 radical (unpaired) electrons. The fourth-order valence-electron chi connectivity index (χ4n) is 1.54. The molecule has 82 valence electrons. The Hall–Kier alpha value is -0.940. The number of amides is 1. The van der Waals surface area contributed by atoms with Crippen molar-refractivity contribution in [3.05, 3.63) is 24.0 Å². The summed E-state index contributed by atoms with van der Waals surface area (Å²) in [4.78, 5) is 11.6. The largest absolute Gasteiger partial charge is 0.357 e. The van der Waals surface area contributed by atoms with Gasteiger partial charge in [-0.2, -0.15) is 0 Å². The molecule has 1 aliphatic heterocycles. The van der Waals surface area contributed by atoms with Crippen LogP contribution in [0.1, 0.15) is 5.56 Å². The maximum absolute atomic E-state index is 11.6. The normalized spacial score (nSPS) is 20.5. The molecule has 0 aliphatic carbocycles. The van der Waals surface area contributed by atoms with Crippen molar-refractivity contribution in [2.75, 3.05) is 11.6 Å². The van der Waals surface area contributed by atoms with E-state index in [4.69, 9.17) is 0 Å². The highest BCUT2D eigenvalue weighted by Crippen LogP contribution is 2.09. The topological polar surface area (TPSA) is 46.1 Å². The third-order valence-electron chi connectivity index (χ3n) is 2.39. The van der Waals surface area contributed by atoms with Crippen LogP contribution in [0.15, 0.2) is 18.5 Å². The van der Waals surface area contributed by atoms with Gasteiger partial charge in [0.25, 0.3) is 0 Å². The second kappa shape index (κ2) is 4.72. The maximum Gasteiger partial charge on any atom is 0.238 e. The molecule has 2 N–H and O–H groups in total. The molecule has 1 atom stereocenters. The molecule has 1 amide bonds. The number of carbonyl (C=O) groups is 1. The Labute approximate surface area is 93.4 Å². The second-order valence-electron chi connectivity index (χ2n) is 3.67. The van der Waals surface area contributed by atoms with Gasteiger partial charge in [-0.05, 0) is 11.6 Å². The summed E-state index contributed by atoms with van der Waals surface area (Å²) in [5, 5.41) is 6.07. The summed E-state index contributed by atoms with van der Waals surface area (Å²) in [5.74, 6) is 1.85. The van der Waals surface area contributed by atoms with Gasteiger partial charge in [0.2, 0.25) is 5.91 Å². The fourth-order valence-corrected chi connectivity index (χ4v) is 2.48. The number of rotatable bonds is 3. The van der Waals surface area contributed by atoms with Crippen molar-refractivity contribution in [1.29, 1.82) is 0 Å². The summed E-state index contributed by atoms with van der Waals surface area (Å²) in [6.45, 7) is 0.614. The highest BCUT2D eigenvalue weighted by Gasteiger charge is 2.21. The lowest BCUT2D eigenvalue weighted by Crippen LogP contribution is -2.41. The van der Waals surface area contributed by atoms with Crippen molar-refractivity contribution in [3.8, 4) is 0 Å². The van der Waals surface area contributed by atoms with Crippen LogP contribution in [0, 0.1) is 0 Å². The van der Waals surface area contributed by atoms with E-state index in [1.54, 1.807) is 11.8 Å². The van der Waals surface area contributed by atoms with Gasteiger partial charge in [0.05, 0.1) is 6.04 Å². The minimum atomic E-state index is -0.0151. The maximum atomic E-state index is 11.6. The first-order chi connectivity index (χ1) is 7.25. The van der Waals surface area contributed by atoms with Crippen molar-refractivity contribution in [2.45, 2.75) is 12.6 Å². The van der Waals surface area contributed by atoms with Crippen LogP contribution in [0.2, 0.25) is 0 Å². The third-order valence-corrected chi connectivity index (χ3v) is 3.33. The van der Waals surface area contributed by atoms with Gasteiger partial charge in [-0.15, -0.1) is 11.8 Å². The average Bonchev–Trinajstić information content (AvgIpc) is 2.84. The van der Waals surface area contributed by atoms with E-state index in [-0.39, 0.29) is 11.9 Å². The number of hydrogen-bond donors (Lipinski definition) is 2. The van der Waals surface area contributed by atoms with Crippen LogP contribution in [-0.2, 0) is 18.4 Å². The molecule has 0 spiro atoms. The highest BCUT2D eigenvalue weighted by atomic mass is 32.2. The van der Waals surface area contributed by atoms with Crippen molar-refractivity contribution >= 4 is 17.7 Å². The van der Waals surface area contributed by atoms with E-state index >= 15 is 0 Å². The smallest absolute Gasteiger partial charge is 0.238 e. The lowest BCUT2D eigenvalue weighted by atomic mass is 10.3. The molecule has 0 bridgehead atoms. The minimum absolute atomic E-state index is 0.0151. The van der Waals surface area contributed by atoms with Crippen molar-refractivity contribution in [1.82, 2.24) is 15.2 Å². The number of hydrogen-bond acceptors (Lipinski definition) is 3. The minimum Gasteiger partial charge on any atom is -0.357 e. The second-order valence-corrected chi connectivity index (χ2v) is 4.71. The molecule has 1 unspecified atom stereocenters. The number of thioether (sulfide) groups is 1. The van der Waals surface area contributed by atoms with Crippen LogP contribution in [0.5, 0.6) is 0 Å². The Morgan fingerprint density at radius 2 is 2.67 bits per heavy atom. The molecule has 1 aliphatic rings. The third kappa shape index (κ3) is 2.76. The Morgan fingerprint density at radius 3 is 3.27 bits per heavy atom. The Kier molecular flexibility index (Phi) is 3.33. The summed E-state index contributed by atoms with van der Waals surface area (Å²) in [6, 6.07) is 2.00. The zero-order valence-corrected chi connectivity index (χ0v) is 9.51. The van der Waals surface area contributed by atoms with Crippen LogP contribution < -0.4 is 10.6 Å². The summed E-state index contributed by atoms with van der Waals surface area (Å²) in [5.41, 5.74) is 1.14. The Balaban J connectivity index is 1.80. The van der Waals surface area contributed by atoms with Gasteiger partial charge in [0.1, 0.15) is 0 Å². The molecule has 1 aromatic heterocycles.